The lowest BCUT2D eigenvalue weighted by Gasteiger charge is -2.15. The van der Waals surface area contributed by atoms with Crippen LogP contribution >= 0.6 is 11.6 Å². The average Bonchev–Trinajstić information content (AvgIpc) is 2.53. The van der Waals surface area contributed by atoms with E-state index in [9.17, 15) is 0 Å². The van der Waals surface area contributed by atoms with Gasteiger partial charge in [-0.15, -0.1) is 11.6 Å². The minimum absolute atomic E-state index is 0.677. The Morgan fingerprint density at radius 2 is 1.67 bits per heavy atom. The highest BCUT2D eigenvalue weighted by atomic mass is 35.5. The molecular weight excluding hydrogens is 288 g/mol. The summed E-state index contributed by atoms with van der Waals surface area (Å²) in [7, 11) is 3.29. The van der Waals surface area contributed by atoms with Crippen LogP contribution in [0.15, 0.2) is 30.3 Å². The van der Waals surface area contributed by atoms with Crippen molar-refractivity contribution < 1.29 is 14.2 Å². The number of alkyl halides is 1. The Morgan fingerprint density at radius 3 is 2.33 bits per heavy atom. The average molecular weight is 309 g/mol. The van der Waals surface area contributed by atoms with Crippen LogP contribution in [0.25, 0.3) is 10.8 Å². The first-order chi connectivity index (χ1) is 10.3. The predicted octanol–water partition coefficient (Wildman–Crippen LogP) is 4.64. The predicted molar refractivity (Wildman–Crippen MR) is 87.1 cm³/mol. The van der Waals surface area contributed by atoms with Gasteiger partial charge in [0.15, 0.2) is 11.5 Å². The van der Waals surface area contributed by atoms with Crippen molar-refractivity contribution in [1.82, 2.24) is 0 Å². The number of rotatable bonds is 8. The second kappa shape index (κ2) is 7.99. The summed E-state index contributed by atoms with van der Waals surface area (Å²) >= 11 is 5.68. The normalized spacial score (nSPS) is 10.6. The lowest BCUT2D eigenvalue weighted by molar-refractivity contribution is 0.305. The third kappa shape index (κ3) is 3.73. The van der Waals surface area contributed by atoms with Gasteiger partial charge in [-0.05, 0) is 19.3 Å². The lowest BCUT2D eigenvalue weighted by Crippen LogP contribution is -2.00. The monoisotopic (exact) mass is 308 g/mol. The van der Waals surface area contributed by atoms with E-state index in [0.717, 1.165) is 41.5 Å². The molecule has 0 saturated heterocycles. The molecule has 0 aliphatic rings. The molecule has 114 valence electrons. The number of ether oxygens (including phenoxy) is 3. The number of hydrogen-bond donors (Lipinski definition) is 0. The Labute approximate surface area is 130 Å². The van der Waals surface area contributed by atoms with Crippen molar-refractivity contribution in [3.05, 3.63) is 30.3 Å². The standard InChI is InChI=1S/C17H21ClO3/c1-19-16-12-15(21-11-7-3-6-10-18)13-8-4-5-9-14(13)17(16)20-2/h4-5,8-9,12H,3,6-7,10-11H2,1-2H3. The van der Waals surface area contributed by atoms with Crippen molar-refractivity contribution in [2.45, 2.75) is 19.3 Å². The summed E-state index contributed by atoms with van der Waals surface area (Å²) in [5.74, 6) is 2.96. The van der Waals surface area contributed by atoms with Gasteiger partial charge in [0.2, 0.25) is 0 Å². The number of benzene rings is 2. The molecule has 0 amide bonds. The minimum atomic E-state index is 0.677. The third-order valence-electron chi connectivity index (χ3n) is 3.38. The second-order valence-corrected chi connectivity index (χ2v) is 5.13. The largest absolute Gasteiger partial charge is 0.493 e. The van der Waals surface area contributed by atoms with Gasteiger partial charge in [-0.25, -0.2) is 0 Å². The fraction of sp³-hybridized carbons (Fsp3) is 0.412. The summed E-state index contributed by atoms with van der Waals surface area (Å²) in [4.78, 5) is 0. The smallest absolute Gasteiger partial charge is 0.168 e. The zero-order valence-electron chi connectivity index (χ0n) is 12.5. The first-order valence-corrected chi connectivity index (χ1v) is 7.67. The zero-order valence-corrected chi connectivity index (χ0v) is 13.3. The van der Waals surface area contributed by atoms with Crippen LogP contribution in [0.4, 0.5) is 0 Å². The maximum Gasteiger partial charge on any atom is 0.168 e. The topological polar surface area (TPSA) is 27.7 Å². The number of halogens is 1. The van der Waals surface area contributed by atoms with Gasteiger partial charge in [0.25, 0.3) is 0 Å². The molecule has 0 radical (unpaired) electrons. The van der Waals surface area contributed by atoms with Crippen molar-refractivity contribution >= 4 is 22.4 Å². The SMILES string of the molecule is COc1cc(OCCCCCCl)c2ccccc2c1OC. The maximum absolute atomic E-state index is 5.93. The van der Waals surface area contributed by atoms with Gasteiger partial charge >= 0.3 is 0 Å². The van der Waals surface area contributed by atoms with Gasteiger partial charge in [-0.1, -0.05) is 24.3 Å². The second-order valence-electron chi connectivity index (χ2n) is 4.75. The Kier molecular flexibility index (Phi) is 6.00. The van der Waals surface area contributed by atoms with Gasteiger partial charge < -0.3 is 14.2 Å². The van der Waals surface area contributed by atoms with Crippen LogP contribution in [0.5, 0.6) is 17.2 Å². The molecule has 2 aromatic rings. The number of fused-ring (bicyclic) bond motifs is 1. The van der Waals surface area contributed by atoms with Crippen LogP contribution in [0.2, 0.25) is 0 Å². The number of hydrogen-bond acceptors (Lipinski definition) is 3. The van der Waals surface area contributed by atoms with Crippen molar-refractivity contribution in [1.29, 1.82) is 0 Å². The first kappa shape index (κ1) is 15.8. The molecule has 21 heavy (non-hydrogen) atoms. The van der Waals surface area contributed by atoms with Crippen LogP contribution in [0.1, 0.15) is 19.3 Å². The van der Waals surface area contributed by atoms with E-state index in [2.05, 4.69) is 0 Å². The Hall–Kier alpha value is -1.61. The van der Waals surface area contributed by atoms with Gasteiger partial charge in [0.05, 0.1) is 20.8 Å². The van der Waals surface area contributed by atoms with Crippen molar-refractivity contribution in [3.63, 3.8) is 0 Å². The van der Waals surface area contributed by atoms with E-state index >= 15 is 0 Å². The Balaban J connectivity index is 2.26. The summed E-state index contributed by atoms with van der Waals surface area (Å²) < 4.78 is 16.8. The summed E-state index contributed by atoms with van der Waals surface area (Å²) in [5.41, 5.74) is 0. The van der Waals surface area contributed by atoms with Crippen LogP contribution in [0, 0.1) is 0 Å². The van der Waals surface area contributed by atoms with Crippen molar-refractivity contribution in [3.8, 4) is 17.2 Å². The molecule has 0 heterocycles. The lowest BCUT2D eigenvalue weighted by atomic mass is 10.1. The van der Waals surface area contributed by atoms with Gasteiger partial charge in [0.1, 0.15) is 5.75 Å². The third-order valence-corrected chi connectivity index (χ3v) is 3.65. The van der Waals surface area contributed by atoms with Crippen LogP contribution < -0.4 is 14.2 Å². The molecule has 0 unspecified atom stereocenters. The van der Waals surface area contributed by atoms with Crippen LogP contribution in [-0.4, -0.2) is 26.7 Å². The Bertz CT molecular complexity index is 584. The minimum Gasteiger partial charge on any atom is -0.493 e. The molecule has 0 bridgehead atoms. The van der Waals surface area contributed by atoms with Crippen molar-refractivity contribution in [2.75, 3.05) is 26.7 Å². The Morgan fingerprint density at radius 1 is 0.905 bits per heavy atom. The molecule has 0 saturated carbocycles. The van der Waals surface area contributed by atoms with Gasteiger partial charge in [0, 0.05) is 22.7 Å². The van der Waals surface area contributed by atoms with Gasteiger partial charge in [-0.3, -0.25) is 0 Å². The molecule has 0 aromatic heterocycles. The van der Waals surface area contributed by atoms with Crippen LogP contribution in [-0.2, 0) is 0 Å². The van der Waals surface area contributed by atoms with E-state index < -0.39 is 0 Å². The van der Waals surface area contributed by atoms with E-state index in [4.69, 9.17) is 25.8 Å². The van der Waals surface area contributed by atoms with Crippen molar-refractivity contribution in [2.24, 2.45) is 0 Å². The zero-order chi connectivity index (χ0) is 15.1. The summed E-state index contributed by atoms with van der Waals surface area (Å²) in [6.45, 7) is 0.677. The van der Waals surface area contributed by atoms with E-state index in [-0.39, 0.29) is 0 Å². The highest BCUT2D eigenvalue weighted by Gasteiger charge is 2.13. The van der Waals surface area contributed by atoms with E-state index in [0.29, 0.717) is 18.2 Å². The summed E-state index contributed by atoms with van der Waals surface area (Å²) in [5, 5.41) is 2.03. The fourth-order valence-corrected chi connectivity index (χ4v) is 2.52. The number of methoxy groups -OCH3 is 2. The first-order valence-electron chi connectivity index (χ1n) is 7.14. The number of unbranched alkanes of at least 4 members (excludes halogenated alkanes) is 2. The maximum atomic E-state index is 5.93. The quantitative estimate of drug-likeness (QED) is 0.525. The molecule has 2 rings (SSSR count). The summed E-state index contributed by atoms with van der Waals surface area (Å²) in [6.07, 6.45) is 3.10. The van der Waals surface area contributed by atoms with E-state index in [1.165, 1.54) is 0 Å². The molecule has 0 atom stereocenters. The van der Waals surface area contributed by atoms with E-state index in [1.807, 2.05) is 30.3 Å². The molecule has 4 heteroatoms. The molecule has 3 nitrogen and oxygen atoms in total. The molecule has 0 N–H and O–H groups in total. The van der Waals surface area contributed by atoms with Crippen LogP contribution in [0.3, 0.4) is 0 Å². The molecule has 0 fully saturated rings. The molecule has 0 aliphatic carbocycles. The molecule has 0 spiro atoms. The summed E-state index contributed by atoms with van der Waals surface area (Å²) in [6, 6.07) is 9.91. The van der Waals surface area contributed by atoms with Gasteiger partial charge in [-0.2, -0.15) is 0 Å². The molecule has 2 aromatic carbocycles. The molecule has 0 aliphatic heterocycles. The van der Waals surface area contributed by atoms with E-state index in [1.54, 1.807) is 14.2 Å². The highest BCUT2D eigenvalue weighted by Crippen LogP contribution is 2.41. The highest BCUT2D eigenvalue weighted by molar-refractivity contribution is 6.17. The fourth-order valence-electron chi connectivity index (χ4n) is 2.33. The molecular formula is C17H21ClO3.